The minimum Gasteiger partial charge on any atom is -0.493 e. The molecule has 1 unspecified atom stereocenters. The third-order valence-electron chi connectivity index (χ3n) is 3.62. The van der Waals surface area contributed by atoms with Crippen molar-refractivity contribution in [2.24, 2.45) is 0 Å². The summed E-state index contributed by atoms with van der Waals surface area (Å²) in [5, 5.41) is 3.25. The molecule has 2 aromatic carbocycles. The summed E-state index contributed by atoms with van der Waals surface area (Å²) in [5.41, 5.74) is 3.17. The number of nitrogens with one attached hydrogen (secondary N) is 1. The Morgan fingerprint density at radius 2 is 2.15 bits per heavy atom. The van der Waals surface area contributed by atoms with Crippen LogP contribution >= 0.6 is 15.9 Å². The quantitative estimate of drug-likeness (QED) is 0.920. The van der Waals surface area contributed by atoms with Crippen molar-refractivity contribution in [3.8, 4) is 5.75 Å². The molecule has 0 amide bonds. The maximum atomic E-state index is 13.8. The summed E-state index contributed by atoms with van der Waals surface area (Å²) in [6.45, 7) is 0.720. The molecule has 0 radical (unpaired) electrons. The summed E-state index contributed by atoms with van der Waals surface area (Å²) in [5.74, 6) is 0.687. The van der Waals surface area contributed by atoms with Crippen molar-refractivity contribution in [2.75, 3.05) is 13.7 Å². The van der Waals surface area contributed by atoms with Gasteiger partial charge in [-0.25, -0.2) is 4.39 Å². The van der Waals surface area contributed by atoms with E-state index in [1.807, 2.05) is 25.2 Å². The molecule has 2 aromatic rings. The molecule has 4 heteroatoms. The van der Waals surface area contributed by atoms with E-state index in [1.54, 1.807) is 12.1 Å². The molecular weight excluding hydrogens is 321 g/mol. The lowest BCUT2D eigenvalue weighted by molar-refractivity contribution is 0.351. The van der Waals surface area contributed by atoms with Gasteiger partial charge in [-0.15, -0.1) is 0 Å². The van der Waals surface area contributed by atoms with Gasteiger partial charge in [-0.1, -0.05) is 24.3 Å². The topological polar surface area (TPSA) is 21.3 Å². The molecule has 0 aliphatic carbocycles. The summed E-state index contributed by atoms with van der Waals surface area (Å²) < 4.78 is 20.0. The number of fused-ring (bicyclic) bond motifs is 1. The molecule has 2 nitrogen and oxygen atoms in total. The molecule has 0 saturated carbocycles. The van der Waals surface area contributed by atoms with Gasteiger partial charge >= 0.3 is 0 Å². The Labute approximate surface area is 126 Å². The molecule has 1 aliphatic rings. The number of hydrogen-bond acceptors (Lipinski definition) is 2. The number of benzene rings is 2. The van der Waals surface area contributed by atoms with Gasteiger partial charge in [0.2, 0.25) is 0 Å². The zero-order chi connectivity index (χ0) is 14.1. The maximum absolute atomic E-state index is 13.8. The monoisotopic (exact) mass is 335 g/mol. The Morgan fingerprint density at radius 3 is 2.90 bits per heavy atom. The molecule has 1 N–H and O–H groups in total. The number of halogens is 2. The van der Waals surface area contributed by atoms with E-state index in [0.717, 1.165) is 29.9 Å². The normalized spacial score (nSPS) is 14.8. The molecule has 1 atom stereocenters. The fraction of sp³-hybridized carbons (Fsp3) is 0.250. The first-order valence-corrected chi connectivity index (χ1v) is 7.37. The van der Waals surface area contributed by atoms with Crippen LogP contribution in [0.25, 0.3) is 0 Å². The first kappa shape index (κ1) is 13.6. The van der Waals surface area contributed by atoms with E-state index >= 15 is 0 Å². The summed E-state index contributed by atoms with van der Waals surface area (Å²) in [4.78, 5) is 0. The van der Waals surface area contributed by atoms with Crippen molar-refractivity contribution in [3.63, 3.8) is 0 Å². The highest BCUT2D eigenvalue weighted by Gasteiger charge is 2.22. The fourth-order valence-electron chi connectivity index (χ4n) is 2.66. The average Bonchev–Trinajstić information content (AvgIpc) is 2.93. The molecule has 20 heavy (non-hydrogen) atoms. The van der Waals surface area contributed by atoms with Crippen LogP contribution < -0.4 is 10.1 Å². The Bertz CT molecular complexity index is 644. The van der Waals surface area contributed by atoms with Gasteiger partial charge in [0, 0.05) is 12.0 Å². The van der Waals surface area contributed by atoms with Gasteiger partial charge in [0.05, 0.1) is 17.1 Å². The highest BCUT2D eigenvalue weighted by molar-refractivity contribution is 9.10. The molecule has 0 spiro atoms. The van der Waals surface area contributed by atoms with E-state index in [9.17, 15) is 4.39 Å². The maximum Gasteiger partial charge on any atom is 0.137 e. The van der Waals surface area contributed by atoms with Crippen LogP contribution in [0.1, 0.15) is 22.7 Å². The second-order valence-electron chi connectivity index (χ2n) is 4.83. The number of hydrogen-bond donors (Lipinski definition) is 1. The largest absolute Gasteiger partial charge is 0.493 e. The van der Waals surface area contributed by atoms with Crippen molar-refractivity contribution >= 4 is 15.9 Å². The van der Waals surface area contributed by atoms with Gasteiger partial charge in [0.1, 0.15) is 11.6 Å². The van der Waals surface area contributed by atoms with Crippen molar-refractivity contribution in [1.29, 1.82) is 0 Å². The molecule has 1 aliphatic heterocycles. The van der Waals surface area contributed by atoms with E-state index in [2.05, 4.69) is 27.3 Å². The van der Waals surface area contributed by atoms with Crippen LogP contribution in [-0.4, -0.2) is 13.7 Å². The lowest BCUT2D eigenvalue weighted by Crippen LogP contribution is -2.18. The second-order valence-corrected chi connectivity index (χ2v) is 5.68. The number of para-hydroxylation sites is 1. The highest BCUT2D eigenvalue weighted by Crippen LogP contribution is 2.36. The van der Waals surface area contributed by atoms with Crippen LogP contribution in [0.4, 0.5) is 4.39 Å². The van der Waals surface area contributed by atoms with Gasteiger partial charge in [0.25, 0.3) is 0 Å². The smallest absolute Gasteiger partial charge is 0.137 e. The minimum absolute atomic E-state index is 0.0781. The van der Waals surface area contributed by atoms with E-state index in [-0.39, 0.29) is 11.9 Å². The van der Waals surface area contributed by atoms with Crippen molar-refractivity contribution in [2.45, 2.75) is 12.5 Å². The third-order valence-corrected chi connectivity index (χ3v) is 4.26. The molecular formula is C16H15BrFNO. The van der Waals surface area contributed by atoms with Crippen LogP contribution in [0.3, 0.4) is 0 Å². The first-order valence-electron chi connectivity index (χ1n) is 6.57. The zero-order valence-electron chi connectivity index (χ0n) is 11.1. The van der Waals surface area contributed by atoms with Gasteiger partial charge < -0.3 is 10.1 Å². The van der Waals surface area contributed by atoms with E-state index < -0.39 is 0 Å². The van der Waals surface area contributed by atoms with Crippen molar-refractivity contribution in [1.82, 2.24) is 5.32 Å². The SMILES string of the molecule is CNC(c1ccc(Br)c(F)c1)c1cccc2c1OCC2. The first-order chi connectivity index (χ1) is 9.70. The van der Waals surface area contributed by atoms with Gasteiger partial charge in [-0.3, -0.25) is 0 Å². The molecule has 0 saturated heterocycles. The summed E-state index contributed by atoms with van der Waals surface area (Å²) >= 11 is 3.19. The summed E-state index contributed by atoms with van der Waals surface area (Å²) in [6.07, 6.45) is 0.939. The Kier molecular flexibility index (Phi) is 3.76. The van der Waals surface area contributed by atoms with Gasteiger partial charge in [-0.2, -0.15) is 0 Å². The van der Waals surface area contributed by atoms with Gasteiger partial charge in [-0.05, 0) is 46.2 Å². The standard InChI is InChI=1S/C16H15BrFNO/c1-19-15(11-5-6-13(17)14(18)9-11)12-4-2-3-10-7-8-20-16(10)12/h2-6,9,15,19H,7-8H2,1H3. The molecule has 3 rings (SSSR count). The fourth-order valence-corrected chi connectivity index (χ4v) is 2.91. The second kappa shape index (κ2) is 5.54. The van der Waals surface area contributed by atoms with Crippen molar-refractivity contribution in [3.05, 3.63) is 63.4 Å². The Balaban J connectivity index is 2.06. The highest BCUT2D eigenvalue weighted by atomic mass is 79.9. The summed E-state index contributed by atoms with van der Waals surface area (Å²) in [6, 6.07) is 11.3. The average molecular weight is 336 g/mol. The predicted octanol–water partition coefficient (Wildman–Crippen LogP) is 3.83. The number of rotatable bonds is 3. The summed E-state index contributed by atoms with van der Waals surface area (Å²) in [7, 11) is 1.87. The molecule has 1 heterocycles. The Morgan fingerprint density at radius 1 is 1.30 bits per heavy atom. The predicted molar refractivity (Wildman–Crippen MR) is 80.6 cm³/mol. The van der Waals surface area contributed by atoms with Crippen LogP contribution in [-0.2, 0) is 6.42 Å². The zero-order valence-corrected chi connectivity index (χ0v) is 12.7. The lowest BCUT2D eigenvalue weighted by Gasteiger charge is -2.20. The van der Waals surface area contributed by atoms with Gasteiger partial charge in [0.15, 0.2) is 0 Å². The van der Waals surface area contributed by atoms with E-state index in [1.165, 1.54) is 5.56 Å². The molecule has 0 aromatic heterocycles. The van der Waals surface area contributed by atoms with E-state index in [4.69, 9.17) is 4.74 Å². The third kappa shape index (κ3) is 2.34. The minimum atomic E-state index is -0.253. The molecule has 0 fully saturated rings. The van der Waals surface area contributed by atoms with Crippen LogP contribution in [0.5, 0.6) is 5.75 Å². The van der Waals surface area contributed by atoms with Crippen LogP contribution in [0.2, 0.25) is 0 Å². The number of ether oxygens (including phenoxy) is 1. The van der Waals surface area contributed by atoms with Crippen LogP contribution in [0.15, 0.2) is 40.9 Å². The Hall–Kier alpha value is -1.39. The van der Waals surface area contributed by atoms with Crippen molar-refractivity contribution < 1.29 is 9.13 Å². The van der Waals surface area contributed by atoms with E-state index in [0.29, 0.717) is 4.47 Å². The molecule has 0 bridgehead atoms. The van der Waals surface area contributed by atoms with Crippen LogP contribution in [0, 0.1) is 5.82 Å². The molecule has 104 valence electrons. The lowest BCUT2D eigenvalue weighted by atomic mass is 9.96.